The van der Waals surface area contributed by atoms with Crippen molar-refractivity contribution in [3.63, 3.8) is 0 Å². The number of alkyl halides is 1. The summed E-state index contributed by atoms with van der Waals surface area (Å²) in [5, 5.41) is 2.90. The van der Waals surface area contributed by atoms with Crippen LogP contribution in [0.3, 0.4) is 0 Å². The quantitative estimate of drug-likeness (QED) is 0.821. The Labute approximate surface area is 135 Å². The number of hydrogen-bond acceptors (Lipinski definition) is 4. The van der Waals surface area contributed by atoms with Gasteiger partial charge in [0.2, 0.25) is 5.88 Å². The first-order valence-corrected chi connectivity index (χ1v) is 7.53. The van der Waals surface area contributed by atoms with Crippen molar-refractivity contribution in [2.75, 3.05) is 7.11 Å². The summed E-state index contributed by atoms with van der Waals surface area (Å²) in [7, 11) is 1.58. The number of halogens is 2. The molecule has 0 aliphatic heterocycles. The molecule has 2 aromatic rings. The minimum absolute atomic E-state index is 0.0445. The van der Waals surface area contributed by atoms with Gasteiger partial charge in [-0.2, -0.15) is 0 Å². The van der Waals surface area contributed by atoms with Crippen molar-refractivity contribution in [1.29, 1.82) is 0 Å². The van der Waals surface area contributed by atoms with Crippen LogP contribution in [-0.2, 0) is 11.9 Å². The molecular weight excluding hydrogens is 355 g/mol. The summed E-state index contributed by atoms with van der Waals surface area (Å²) in [6, 6.07) is 8.63. The van der Waals surface area contributed by atoms with Gasteiger partial charge in [0.25, 0.3) is 0 Å². The Kier molecular flexibility index (Phi) is 5.71. The highest BCUT2D eigenvalue weighted by Crippen LogP contribution is 2.16. The number of ether oxygens (including phenoxy) is 2. The van der Waals surface area contributed by atoms with Gasteiger partial charge in [0.1, 0.15) is 11.6 Å². The predicted molar refractivity (Wildman–Crippen MR) is 82.7 cm³/mol. The molecule has 1 amide bonds. The van der Waals surface area contributed by atoms with Crippen LogP contribution >= 0.6 is 15.9 Å². The van der Waals surface area contributed by atoms with E-state index in [2.05, 4.69) is 26.2 Å². The molecule has 1 aromatic heterocycles. The van der Waals surface area contributed by atoms with Crippen molar-refractivity contribution in [3.8, 4) is 11.6 Å². The number of carbonyl (C=O) groups excluding carboxylic acids is 1. The second-order valence-corrected chi connectivity index (χ2v) is 4.90. The third-order valence-corrected chi connectivity index (χ3v) is 3.45. The lowest BCUT2D eigenvalue weighted by atomic mass is 10.2. The van der Waals surface area contributed by atoms with Crippen molar-refractivity contribution in [3.05, 3.63) is 53.5 Å². The second kappa shape index (κ2) is 7.74. The number of pyridine rings is 1. The molecule has 1 N–H and O–H groups in total. The molecule has 0 atom stereocenters. The highest BCUT2D eigenvalue weighted by Gasteiger charge is 2.09. The number of amides is 1. The summed E-state index contributed by atoms with van der Waals surface area (Å²) in [4.78, 5) is 15.4. The van der Waals surface area contributed by atoms with Crippen LogP contribution in [0.5, 0.6) is 11.6 Å². The van der Waals surface area contributed by atoms with Gasteiger partial charge in [0.05, 0.1) is 13.3 Å². The number of hydrogen-bond donors (Lipinski definition) is 1. The van der Waals surface area contributed by atoms with Gasteiger partial charge in [-0.05, 0) is 17.7 Å². The van der Waals surface area contributed by atoms with E-state index in [1.807, 2.05) is 12.1 Å². The van der Waals surface area contributed by atoms with E-state index < -0.39 is 11.9 Å². The number of aromatic nitrogens is 1. The Bertz CT molecular complexity index is 650. The van der Waals surface area contributed by atoms with Gasteiger partial charge in [0, 0.05) is 23.5 Å². The largest absolute Gasteiger partial charge is 0.497 e. The number of methoxy groups -OCH3 is 1. The van der Waals surface area contributed by atoms with Crippen LogP contribution in [0.2, 0.25) is 0 Å². The van der Waals surface area contributed by atoms with Crippen molar-refractivity contribution >= 4 is 22.0 Å². The molecule has 0 saturated carbocycles. The van der Waals surface area contributed by atoms with Gasteiger partial charge in [-0.1, -0.05) is 28.1 Å². The molecule has 0 fully saturated rings. The fourth-order valence-corrected chi connectivity index (χ4v) is 2.10. The molecule has 5 nitrogen and oxygen atoms in total. The van der Waals surface area contributed by atoms with Crippen LogP contribution in [0.1, 0.15) is 11.1 Å². The monoisotopic (exact) mass is 368 g/mol. The number of benzene rings is 1. The van der Waals surface area contributed by atoms with E-state index in [1.54, 1.807) is 19.2 Å². The van der Waals surface area contributed by atoms with Crippen molar-refractivity contribution in [2.24, 2.45) is 0 Å². The fourth-order valence-electron chi connectivity index (χ4n) is 1.67. The van der Waals surface area contributed by atoms with Crippen LogP contribution in [0.4, 0.5) is 9.18 Å². The smallest absolute Gasteiger partial charge is 0.414 e. The highest BCUT2D eigenvalue weighted by molar-refractivity contribution is 9.08. The minimum Gasteiger partial charge on any atom is -0.497 e. The average Bonchev–Trinajstić information content (AvgIpc) is 2.55. The standard InChI is InChI=1S/C15H14BrFN2O3/c1-21-12-4-2-10(3-5-12)8-19-15(20)22-14-6-11(7-16)13(17)9-18-14/h2-6,9H,7-8H2,1H3,(H,19,20). The van der Waals surface area contributed by atoms with Crippen molar-refractivity contribution in [2.45, 2.75) is 11.9 Å². The number of nitrogens with zero attached hydrogens (tertiary/aromatic N) is 1. The van der Waals surface area contributed by atoms with Gasteiger partial charge < -0.3 is 14.8 Å². The third-order valence-electron chi connectivity index (χ3n) is 2.85. The fraction of sp³-hybridized carbons (Fsp3) is 0.200. The molecule has 1 heterocycles. The Morgan fingerprint density at radius 2 is 2.09 bits per heavy atom. The zero-order valence-corrected chi connectivity index (χ0v) is 13.4. The normalized spacial score (nSPS) is 10.1. The molecule has 0 saturated heterocycles. The second-order valence-electron chi connectivity index (χ2n) is 4.34. The molecule has 2 rings (SSSR count). The zero-order chi connectivity index (χ0) is 15.9. The number of nitrogens with one attached hydrogen (secondary N) is 1. The maximum Gasteiger partial charge on any atom is 0.414 e. The topological polar surface area (TPSA) is 60.5 Å². The first-order chi connectivity index (χ1) is 10.6. The maximum absolute atomic E-state index is 13.3. The van der Waals surface area contributed by atoms with Crippen molar-refractivity contribution in [1.82, 2.24) is 10.3 Å². The molecule has 0 aliphatic rings. The van der Waals surface area contributed by atoms with Crippen molar-refractivity contribution < 1.29 is 18.7 Å². The average molecular weight is 369 g/mol. The molecule has 0 unspecified atom stereocenters. The summed E-state index contributed by atoms with van der Waals surface area (Å²) in [6.07, 6.45) is 0.360. The molecular formula is C15H14BrFN2O3. The summed E-state index contributed by atoms with van der Waals surface area (Å²) in [6.45, 7) is 0.301. The SMILES string of the molecule is COc1ccc(CNC(=O)Oc2cc(CBr)c(F)cn2)cc1. The van der Waals surface area contributed by atoms with E-state index >= 15 is 0 Å². The van der Waals surface area contributed by atoms with E-state index in [9.17, 15) is 9.18 Å². The molecule has 0 bridgehead atoms. The van der Waals surface area contributed by atoms with Crippen LogP contribution in [-0.4, -0.2) is 18.2 Å². The number of carbonyl (C=O) groups is 1. The molecule has 0 spiro atoms. The number of rotatable bonds is 5. The van der Waals surface area contributed by atoms with Crippen LogP contribution < -0.4 is 14.8 Å². The highest BCUT2D eigenvalue weighted by atomic mass is 79.9. The molecule has 116 valence electrons. The molecule has 0 radical (unpaired) electrons. The molecule has 22 heavy (non-hydrogen) atoms. The van der Waals surface area contributed by atoms with Crippen LogP contribution in [0.25, 0.3) is 0 Å². The summed E-state index contributed by atoms with van der Waals surface area (Å²) in [5.74, 6) is 0.329. The Hall–Kier alpha value is -2.15. The summed E-state index contributed by atoms with van der Waals surface area (Å²) in [5.41, 5.74) is 1.26. The molecule has 1 aromatic carbocycles. The van der Waals surface area contributed by atoms with E-state index in [1.165, 1.54) is 6.07 Å². The van der Waals surface area contributed by atoms with E-state index in [-0.39, 0.29) is 5.88 Å². The predicted octanol–water partition coefficient (Wildman–Crippen LogP) is 3.41. The van der Waals surface area contributed by atoms with E-state index in [0.29, 0.717) is 17.4 Å². The van der Waals surface area contributed by atoms with Gasteiger partial charge in [-0.3, -0.25) is 0 Å². The summed E-state index contributed by atoms with van der Waals surface area (Å²) < 4.78 is 23.3. The van der Waals surface area contributed by atoms with Crippen LogP contribution in [0, 0.1) is 5.82 Å². The van der Waals surface area contributed by atoms with Gasteiger partial charge in [0.15, 0.2) is 0 Å². The minimum atomic E-state index is -0.657. The maximum atomic E-state index is 13.3. The molecule has 7 heteroatoms. The lowest BCUT2D eigenvalue weighted by molar-refractivity contribution is 0.198. The zero-order valence-electron chi connectivity index (χ0n) is 11.8. The van der Waals surface area contributed by atoms with Gasteiger partial charge in [-0.15, -0.1) is 0 Å². The van der Waals surface area contributed by atoms with Crippen LogP contribution in [0.15, 0.2) is 36.5 Å². The van der Waals surface area contributed by atoms with Gasteiger partial charge in [-0.25, -0.2) is 14.2 Å². The Morgan fingerprint density at radius 1 is 1.36 bits per heavy atom. The lowest BCUT2D eigenvalue weighted by Crippen LogP contribution is -2.26. The summed E-state index contributed by atoms with van der Waals surface area (Å²) >= 11 is 3.15. The Balaban J connectivity index is 1.89. The van der Waals surface area contributed by atoms with E-state index in [4.69, 9.17) is 9.47 Å². The lowest BCUT2D eigenvalue weighted by Gasteiger charge is -2.07. The van der Waals surface area contributed by atoms with Gasteiger partial charge >= 0.3 is 6.09 Å². The Morgan fingerprint density at radius 3 is 2.73 bits per heavy atom. The molecule has 0 aliphatic carbocycles. The first-order valence-electron chi connectivity index (χ1n) is 6.41. The third kappa shape index (κ3) is 4.42. The van der Waals surface area contributed by atoms with E-state index in [0.717, 1.165) is 17.5 Å². The first kappa shape index (κ1) is 16.2.